The number of pyridine rings is 1. The molecular weight excluding hydrogens is 243 g/mol. The van der Waals surface area contributed by atoms with Crippen LogP contribution in [0.2, 0.25) is 0 Å². The highest BCUT2D eigenvalue weighted by atomic mass is 19.1. The minimum absolute atomic E-state index is 0.336. The Morgan fingerprint density at radius 1 is 1.32 bits per heavy atom. The maximum atomic E-state index is 14.0. The first kappa shape index (κ1) is 13.5. The third-order valence-electron chi connectivity index (χ3n) is 2.99. The Labute approximate surface area is 112 Å². The third-order valence-corrected chi connectivity index (χ3v) is 2.99. The first-order chi connectivity index (χ1) is 9.08. The lowest BCUT2D eigenvalue weighted by molar-refractivity contribution is 0.199. The van der Waals surface area contributed by atoms with Gasteiger partial charge in [0.2, 0.25) is 0 Å². The van der Waals surface area contributed by atoms with E-state index < -0.39 is 6.10 Å². The molecule has 0 aliphatic heterocycles. The number of aromatic nitrogens is 1. The number of aliphatic hydroxyl groups excluding tert-OH is 1. The van der Waals surface area contributed by atoms with E-state index in [2.05, 4.69) is 4.98 Å². The van der Waals surface area contributed by atoms with Gasteiger partial charge >= 0.3 is 0 Å². The van der Waals surface area contributed by atoms with Crippen molar-refractivity contribution in [3.8, 4) is 0 Å². The van der Waals surface area contributed by atoms with Crippen LogP contribution >= 0.6 is 0 Å². The SMILES string of the molecule is C[C@H](O)c1ccc(N(C)Cc2ccccn2)c(F)c1. The maximum Gasteiger partial charge on any atom is 0.146 e. The van der Waals surface area contributed by atoms with Gasteiger partial charge in [0.1, 0.15) is 5.82 Å². The summed E-state index contributed by atoms with van der Waals surface area (Å²) in [6.45, 7) is 2.15. The zero-order valence-corrected chi connectivity index (χ0v) is 11.0. The quantitative estimate of drug-likeness (QED) is 0.918. The highest BCUT2D eigenvalue weighted by Gasteiger charge is 2.11. The summed E-state index contributed by atoms with van der Waals surface area (Å²) in [7, 11) is 1.81. The van der Waals surface area contributed by atoms with Gasteiger partial charge in [-0.15, -0.1) is 0 Å². The van der Waals surface area contributed by atoms with Gasteiger partial charge in [0, 0.05) is 13.2 Å². The molecule has 0 saturated heterocycles. The molecule has 1 N–H and O–H groups in total. The molecule has 0 spiro atoms. The van der Waals surface area contributed by atoms with E-state index >= 15 is 0 Å². The smallest absolute Gasteiger partial charge is 0.146 e. The predicted octanol–water partition coefficient (Wildman–Crippen LogP) is 2.91. The molecule has 1 aromatic heterocycles. The summed E-state index contributed by atoms with van der Waals surface area (Å²) in [6, 6.07) is 10.4. The average molecular weight is 260 g/mol. The number of benzene rings is 1. The van der Waals surface area contributed by atoms with E-state index in [1.807, 2.05) is 25.2 Å². The van der Waals surface area contributed by atoms with Crippen LogP contribution in [0.1, 0.15) is 24.3 Å². The molecule has 0 unspecified atom stereocenters. The van der Waals surface area contributed by atoms with Crippen molar-refractivity contribution in [3.05, 3.63) is 59.7 Å². The van der Waals surface area contributed by atoms with E-state index in [1.165, 1.54) is 6.07 Å². The van der Waals surface area contributed by atoms with Gasteiger partial charge in [-0.2, -0.15) is 0 Å². The molecule has 0 bridgehead atoms. The number of nitrogens with zero attached hydrogens (tertiary/aromatic N) is 2. The Morgan fingerprint density at radius 2 is 2.11 bits per heavy atom. The van der Waals surface area contributed by atoms with Crippen LogP contribution in [0.3, 0.4) is 0 Å². The van der Waals surface area contributed by atoms with E-state index in [-0.39, 0.29) is 5.82 Å². The Bertz CT molecular complexity index is 543. The molecule has 4 heteroatoms. The number of anilines is 1. The second-order valence-electron chi connectivity index (χ2n) is 4.56. The van der Waals surface area contributed by atoms with Crippen molar-refractivity contribution in [2.24, 2.45) is 0 Å². The highest BCUT2D eigenvalue weighted by Crippen LogP contribution is 2.23. The van der Waals surface area contributed by atoms with Crippen LogP contribution in [0.25, 0.3) is 0 Å². The van der Waals surface area contributed by atoms with Crippen molar-refractivity contribution in [3.63, 3.8) is 0 Å². The standard InChI is InChI=1S/C15H17FN2O/c1-11(19)12-6-7-15(14(16)9-12)18(2)10-13-5-3-4-8-17-13/h3-9,11,19H,10H2,1-2H3/t11-/m0/s1. The van der Waals surface area contributed by atoms with Gasteiger partial charge in [-0.05, 0) is 36.8 Å². The summed E-state index contributed by atoms with van der Waals surface area (Å²) < 4.78 is 14.0. The van der Waals surface area contributed by atoms with E-state index in [1.54, 1.807) is 30.2 Å². The van der Waals surface area contributed by atoms with Crippen LogP contribution in [0.15, 0.2) is 42.6 Å². The van der Waals surface area contributed by atoms with E-state index in [4.69, 9.17) is 0 Å². The fraction of sp³-hybridized carbons (Fsp3) is 0.267. The molecule has 100 valence electrons. The van der Waals surface area contributed by atoms with Gasteiger partial charge < -0.3 is 10.0 Å². The molecule has 2 rings (SSSR count). The lowest BCUT2D eigenvalue weighted by atomic mass is 10.1. The molecule has 3 nitrogen and oxygen atoms in total. The van der Waals surface area contributed by atoms with Gasteiger partial charge in [-0.25, -0.2) is 4.39 Å². The van der Waals surface area contributed by atoms with Crippen LogP contribution < -0.4 is 4.90 Å². The molecule has 0 amide bonds. The highest BCUT2D eigenvalue weighted by molar-refractivity contribution is 5.49. The van der Waals surface area contributed by atoms with Crippen LogP contribution in [0, 0.1) is 5.82 Å². The van der Waals surface area contributed by atoms with Gasteiger partial charge in [-0.3, -0.25) is 4.98 Å². The van der Waals surface area contributed by atoms with Crippen molar-refractivity contribution < 1.29 is 9.50 Å². The predicted molar refractivity (Wildman–Crippen MR) is 73.4 cm³/mol. The third kappa shape index (κ3) is 3.29. The lowest BCUT2D eigenvalue weighted by Crippen LogP contribution is -2.18. The molecule has 1 aromatic carbocycles. The summed E-state index contributed by atoms with van der Waals surface area (Å²) in [5.74, 6) is -0.336. The van der Waals surface area contributed by atoms with Gasteiger partial charge in [0.05, 0.1) is 24.0 Å². The average Bonchev–Trinajstić information content (AvgIpc) is 2.39. The second-order valence-corrected chi connectivity index (χ2v) is 4.56. The van der Waals surface area contributed by atoms with E-state index in [0.717, 1.165) is 5.69 Å². The summed E-state index contributed by atoms with van der Waals surface area (Å²) in [5, 5.41) is 9.42. The topological polar surface area (TPSA) is 36.4 Å². The van der Waals surface area contributed by atoms with E-state index in [9.17, 15) is 9.50 Å². The molecular formula is C15H17FN2O. The summed E-state index contributed by atoms with van der Waals surface area (Å²) in [5.41, 5.74) is 1.95. The Kier molecular flexibility index (Phi) is 4.12. The number of rotatable bonds is 4. The minimum Gasteiger partial charge on any atom is -0.389 e. The van der Waals surface area contributed by atoms with Crippen molar-refractivity contribution in [2.45, 2.75) is 19.6 Å². The number of hydrogen-bond acceptors (Lipinski definition) is 3. The molecule has 0 saturated carbocycles. The number of hydrogen-bond donors (Lipinski definition) is 1. The Hall–Kier alpha value is -1.94. The molecule has 1 atom stereocenters. The monoisotopic (exact) mass is 260 g/mol. The van der Waals surface area contributed by atoms with Crippen LogP contribution in [0.5, 0.6) is 0 Å². The van der Waals surface area contributed by atoms with Crippen molar-refractivity contribution in [1.82, 2.24) is 4.98 Å². The zero-order chi connectivity index (χ0) is 13.8. The second kappa shape index (κ2) is 5.80. The number of halogens is 1. The Morgan fingerprint density at radius 3 is 2.68 bits per heavy atom. The van der Waals surface area contributed by atoms with Gasteiger partial charge in [0.25, 0.3) is 0 Å². The summed E-state index contributed by atoms with van der Waals surface area (Å²) in [6.07, 6.45) is 1.06. The molecule has 0 radical (unpaired) electrons. The molecule has 1 heterocycles. The molecule has 0 aliphatic rings. The van der Waals surface area contributed by atoms with Crippen molar-refractivity contribution in [1.29, 1.82) is 0 Å². The molecule has 19 heavy (non-hydrogen) atoms. The van der Waals surface area contributed by atoms with Crippen molar-refractivity contribution in [2.75, 3.05) is 11.9 Å². The fourth-order valence-corrected chi connectivity index (χ4v) is 1.91. The summed E-state index contributed by atoms with van der Waals surface area (Å²) in [4.78, 5) is 6.01. The van der Waals surface area contributed by atoms with Crippen LogP contribution in [0.4, 0.5) is 10.1 Å². The molecule has 0 aliphatic carbocycles. The minimum atomic E-state index is -0.662. The molecule has 2 aromatic rings. The van der Waals surface area contributed by atoms with Gasteiger partial charge in [-0.1, -0.05) is 12.1 Å². The normalized spacial score (nSPS) is 12.2. The fourth-order valence-electron chi connectivity index (χ4n) is 1.91. The Balaban J connectivity index is 2.17. The molecule has 0 fully saturated rings. The summed E-state index contributed by atoms with van der Waals surface area (Å²) >= 11 is 0. The zero-order valence-electron chi connectivity index (χ0n) is 11.0. The largest absolute Gasteiger partial charge is 0.389 e. The maximum absolute atomic E-state index is 14.0. The first-order valence-corrected chi connectivity index (χ1v) is 6.16. The first-order valence-electron chi connectivity index (χ1n) is 6.16. The lowest BCUT2D eigenvalue weighted by Gasteiger charge is -2.20. The van der Waals surface area contributed by atoms with E-state index in [0.29, 0.717) is 17.8 Å². The van der Waals surface area contributed by atoms with Crippen LogP contribution in [-0.2, 0) is 6.54 Å². The van der Waals surface area contributed by atoms with Gasteiger partial charge in [0.15, 0.2) is 0 Å². The van der Waals surface area contributed by atoms with Crippen molar-refractivity contribution >= 4 is 5.69 Å². The van der Waals surface area contributed by atoms with Crippen LogP contribution in [-0.4, -0.2) is 17.1 Å². The number of aliphatic hydroxyl groups is 1.